The number of fused-ring (bicyclic) bond motifs is 1. The van der Waals surface area contributed by atoms with Gasteiger partial charge in [0.15, 0.2) is 6.10 Å². The monoisotopic (exact) mass is 421 g/mol. The zero-order chi connectivity index (χ0) is 22.2. The second-order valence-electron chi connectivity index (χ2n) is 6.64. The third-order valence-electron chi connectivity index (χ3n) is 4.40. The first kappa shape index (κ1) is 21.8. The van der Waals surface area contributed by atoms with Crippen molar-refractivity contribution in [2.75, 3.05) is 18.5 Å². The molecule has 3 rings (SSSR count). The Morgan fingerprint density at radius 3 is 2.55 bits per heavy atom. The Balaban J connectivity index is 1.50. The maximum Gasteiger partial charge on any atom is 0.326 e. The van der Waals surface area contributed by atoms with E-state index in [1.807, 2.05) is 19.1 Å². The third kappa shape index (κ3) is 5.79. The number of carbonyl (C=O) groups is 3. The number of nitrogens with zero attached hydrogens (tertiary/aromatic N) is 1. The third-order valence-corrected chi connectivity index (χ3v) is 4.40. The quantitative estimate of drug-likeness (QED) is 0.542. The summed E-state index contributed by atoms with van der Waals surface area (Å²) in [6.45, 7) is 3.50. The smallest absolute Gasteiger partial charge is 0.326 e. The van der Waals surface area contributed by atoms with Crippen molar-refractivity contribution >= 4 is 34.4 Å². The summed E-state index contributed by atoms with van der Waals surface area (Å²) in [6, 6.07) is 15.5. The van der Waals surface area contributed by atoms with Gasteiger partial charge in [0, 0.05) is 17.1 Å². The summed E-state index contributed by atoms with van der Waals surface area (Å²) in [4.78, 5) is 40.9. The predicted octanol–water partition coefficient (Wildman–Crippen LogP) is 2.93. The van der Waals surface area contributed by atoms with Crippen LogP contribution in [0.5, 0.6) is 5.75 Å². The summed E-state index contributed by atoms with van der Waals surface area (Å²) in [6.07, 6.45) is 0.627. The lowest BCUT2D eigenvalue weighted by Crippen LogP contribution is -2.35. The highest BCUT2D eigenvalue weighted by atomic mass is 16.5. The number of esters is 1. The van der Waals surface area contributed by atoms with Gasteiger partial charge in [0.1, 0.15) is 12.3 Å². The number of benzene rings is 2. The van der Waals surface area contributed by atoms with E-state index in [-0.39, 0.29) is 6.54 Å². The number of nitrogens with one attached hydrogen (secondary N) is 2. The molecule has 0 saturated carbocycles. The fourth-order valence-electron chi connectivity index (χ4n) is 2.86. The Hall–Kier alpha value is -3.94. The van der Waals surface area contributed by atoms with Crippen LogP contribution in [0.3, 0.4) is 0 Å². The molecule has 0 aliphatic carbocycles. The van der Waals surface area contributed by atoms with E-state index < -0.39 is 23.9 Å². The zero-order valence-electron chi connectivity index (χ0n) is 17.3. The second-order valence-corrected chi connectivity index (χ2v) is 6.64. The van der Waals surface area contributed by atoms with E-state index in [0.29, 0.717) is 23.6 Å². The van der Waals surface area contributed by atoms with Crippen molar-refractivity contribution < 1.29 is 23.9 Å². The molecule has 8 nitrogen and oxygen atoms in total. The first-order chi connectivity index (χ1) is 15.0. The van der Waals surface area contributed by atoms with Crippen molar-refractivity contribution in [3.8, 4) is 5.75 Å². The molecule has 2 N–H and O–H groups in total. The van der Waals surface area contributed by atoms with Gasteiger partial charge < -0.3 is 20.1 Å². The van der Waals surface area contributed by atoms with Crippen molar-refractivity contribution in [3.63, 3.8) is 0 Å². The molecule has 1 unspecified atom stereocenters. The van der Waals surface area contributed by atoms with Gasteiger partial charge in [0.25, 0.3) is 11.8 Å². The molecule has 0 fully saturated rings. The minimum absolute atomic E-state index is 0.359. The molecular weight excluding hydrogens is 398 g/mol. The first-order valence-electron chi connectivity index (χ1n) is 9.83. The number of rotatable bonds is 8. The SMILES string of the molecule is CCOc1ccc(C(=O)NCC(=O)OC(C)C(=O)Nc2cccc3ncccc23)cc1. The fraction of sp³-hybridized carbons (Fsp3) is 0.217. The number of hydrogen-bond donors (Lipinski definition) is 2. The molecular formula is C23H23N3O5. The Labute approximate surface area is 179 Å². The molecule has 160 valence electrons. The van der Waals surface area contributed by atoms with Crippen LogP contribution in [-0.4, -0.2) is 42.0 Å². The van der Waals surface area contributed by atoms with E-state index in [1.165, 1.54) is 6.92 Å². The summed E-state index contributed by atoms with van der Waals surface area (Å²) in [7, 11) is 0. The number of hydrogen-bond acceptors (Lipinski definition) is 6. The Kier molecular flexibility index (Phi) is 7.16. The van der Waals surface area contributed by atoms with Gasteiger partial charge in [-0.3, -0.25) is 19.4 Å². The van der Waals surface area contributed by atoms with Gasteiger partial charge in [0.2, 0.25) is 0 Å². The van der Waals surface area contributed by atoms with E-state index in [9.17, 15) is 14.4 Å². The minimum Gasteiger partial charge on any atom is -0.494 e. The van der Waals surface area contributed by atoms with Gasteiger partial charge in [-0.2, -0.15) is 0 Å². The van der Waals surface area contributed by atoms with Crippen LogP contribution in [0.15, 0.2) is 60.8 Å². The molecule has 2 aromatic carbocycles. The highest BCUT2D eigenvalue weighted by Crippen LogP contribution is 2.21. The average Bonchev–Trinajstić information content (AvgIpc) is 2.78. The summed E-state index contributed by atoms with van der Waals surface area (Å²) in [5, 5.41) is 5.99. The topological polar surface area (TPSA) is 107 Å². The van der Waals surface area contributed by atoms with Crippen molar-refractivity contribution in [1.82, 2.24) is 10.3 Å². The van der Waals surface area contributed by atoms with Crippen molar-refractivity contribution in [3.05, 3.63) is 66.4 Å². The number of anilines is 1. The first-order valence-corrected chi connectivity index (χ1v) is 9.83. The lowest BCUT2D eigenvalue weighted by Gasteiger charge is -2.15. The van der Waals surface area contributed by atoms with Crippen LogP contribution >= 0.6 is 0 Å². The Bertz CT molecular complexity index is 1080. The molecule has 31 heavy (non-hydrogen) atoms. The Morgan fingerprint density at radius 2 is 1.81 bits per heavy atom. The maximum absolute atomic E-state index is 12.4. The zero-order valence-corrected chi connectivity index (χ0v) is 17.3. The molecule has 2 amide bonds. The van der Waals surface area contributed by atoms with Crippen LogP contribution in [0, 0.1) is 0 Å². The van der Waals surface area contributed by atoms with Crippen LogP contribution in [0.1, 0.15) is 24.2 Å². The highest BCUT2D eigenvalue weighted by molar-refractivity contribution is 6.03. The van der Waals surface area contributed by atoms with E-state index in [2.05, 4.69) is 15.6 Å². The van der Waals surface area contributed by atoms with E-state index >= 15 is 0 Å². The van der Waals surface area contributed by atoms with Crippen LogP contribution in [0.4, 0.5) is 5.69 Å². The van der Waals surface area contributed by atoms with Gasteiger partial charge in [-0.05, 0) is 62.4 Å². The van der Waals surface area contributed by atoms with E-state index in [1.54, 1.807) is 48.7 Å². The molecule has 1 aromatic heterocycles. The molecule has 0 spiro atoms. The molecule has 3 aromatic rings. The van der Waals surface area contributed by atoms with Gasteiger partial charge in [0.05, 0.1) is 17.8 Å². The number of pyridine rings is 1. The van der Waals surface area contributed by atoms with Gasteiger partial charge in [-0.1, -0.05) is 6.07 Å². The average molecular weight is 421 g/mol. The largest absolute Gasteiger partial charge is 0.494 e. The Morgan fingerprint density at radius 1 is 1.03 bits per heavy atom. The lowest BCUT2D eigenvalue weighted by atomic mass is 10.2. The minimum atomic E-state index is -1.04. The molecule has 0 aliphatic rings. The number of aromatic nitrogens is 1. The molecule has 0 radical (unpaired) electrons. The highest BCUT2D eigenvalue weighted by Gasteiger charge is 2.19. The fourth-order valence-corrected chi connectivity index (χ4v) is 2.86. The van der Waals surface area contributed by atoms with Crippen molar-refractivity contribution in [1.29, 1.82) is 0 Å². The maximum atomic E-state index is 12.4. The van der Waals surface area contributed by atoms with Gasteiger partial charge in [-0.15, -0.1) is 0 Å². The van der Waals surface area contributed by atoms with Crippen LogP contribution in [0.2, 0.25) is 0 Å². The van der Waals surface area contributed by atoms with Crippen molar-refractivity contribution in [2.24, 2.45) is 0 Å². The molecule has 0 bridgehead atoms. The van der Waals surface area contributed by atoms with Crippen LogP contribution in [0.25, 0.3) is 10.9 Å². The number of ether oxygens (including phenoxy) is 2. The summed E-state index contributed by atoms with van der Waals surface area (Å²) < 4.78 is 10.5. The van der Waals surface area contributed by atoms with E-state index in [4.69, 9.17) is 9.47 Å². The molecule has 0 saturated heterocycles. The van der Waals surface area contributed by atoms with Crippen molar-refractivity contribution in [2.45, 2.75) is 20.0 Å². The van der Waals surface area contributed by atoms with Crippen LogP contribution < -0.4 is 15.4 Å². The molecule has 1 heterocycles. The molecule has 1 atom stereocenters. The second kappa shape index (κ2) is 10.2. The van der Waals surface area contributed by atoms with Gasteiger partial charge >= 0.3 is 5.97 Å². The molecule has 0 aliphatic heterocycles. The summed E-state index contributed by atoms with van der Waals surface area (Å²) in [5.74, 6) is -0.982. The number of amides is 2. The molecule has 8 heteroatoms. The normalized spacial score (nSPS) is 11.4. The summed E-state index contributed by atoms with van der Waals surface area (Å²) in [5.41, 5.74) is 1.69. The predicted molar refractivity (Wildman–Crippen MR) is 116 cm³/mol. The standard InChI is InChI=1S/C23H23N3O5/c1-3-30-17-11-9-16(10-12-17)23(29)25-14-21(27)31-15(2)22(28)26-20-8-4-7-19-18(20)6-5-13-24-19/h4-13,15H,3,14H2,1-2H3,(H,25,29)(H,26,28). The lowest BCUT2D eigenvalue weighted by molar-refractivity contribution is -0.152. The summed E-state index contributed by atoms with van der Waals surface area (Å²) >= 11 is 0. The van der Waals surface area contributed by atoms with Gasteiger partial charge in [-0.25, -0.2) is 0 Å². The number of carbonyl (C=O) groups excluding carboxylic acids is 3. The van der Waals surface area contributed by atoms with Crippen LogP contribution in [-0.2, 0) is 14.3 Å². The van der Waals surface area contributed by atoms with E-state index in [0.717, 1.165) is 10.9 Å².